The van der Waals surface area contributed by atoms with Crippen LogP contribution in [0.25, 0.3) is 0 Å². The molecule has 0 aliphatic carbocycles. The number of carbonyl (C=O) groups excluding carboxylic acids is 1. The Labute approximate surface area is 103 Å². The molecule has 0 heterocycles. The first-order valence-electron chi connectivity index (χ1n) is 6.12. The Kier molecular flexibility index (Phi) is 5.42. The van der Waals surface area contributed by atoms with Gasteiger partial charge >= 0.3 is 0 Å². The first-order valence-corrected chi connectivity index (χ1v) is 6.12. The van der Waals surface area contributed by atoms with E-state index in [2.05, 4.69) is 19.9 Å². The molecule has 2 heteroatoms. The van der Waals surface area contributed by atoms with Crippen molar-refractivity contribution in [1.29, 1.82) is 5.26 Å². The number of hydrogen-bond acceptors (Lipinski definition) is 2. The van der Waals surface area contributed by atoms with Crippen molar-refractivity contribution in [2.45, 2.75) is 39.5 Å². The Balaban J connectivity index is 2.55. The molecule has 0 bridgehead atoms. The van der Waals surface area contributed by atoms with E-state index in [0.717, 1.165) is 12.0 Å². The molecule has 0 amide bonds. The van der Waals surface area contributed by atoms with Crippen molar-refractivity contribution < 1.29 is 4.79 Å². The first kappa shape index (κ1) is 13.4. The monoisotopic (exact) mass is 229 g/mol. The number of Topliss-reactive ketones (excluding diaryl/α,β-unsaturated/α-hetero) is 1. The number of nitriles is 1. The highest BCUT2D eigenvalue weighted by Crippen LogP contribution is 2.12. The highest BCUT2D eigenvalue weighted by molar-refractivity contribution is 5.96. The van der Waals surface area contributed by atoms with Crippen molar-refractivity contribution in [3.8, 4) is 6.07 Å². The van der Waals surface area contributed by atoms with Crippen molar-refractivity contribution in [2.75, 3.05) is 0 Å². The molecule has 17 heavy (non-hydrogen) atoms. The fraction of sp³-hybridized carbons (Fsp3) is 0.467. The zero-order valence-corrected chi connectivity index (χ0v) is 10.6. The van der Waals surface area contributed by atoms with E-state index < -0.39 is 0 Å². The van der Waals surface area contributed by atoms with Crippen molar-refractivity contribution in [1.82, 2.24) is 0 Å². The summed E-state index contributed by atoms with van der Waals surface area (Å²) in [5.41, 5.74) is 2.03. The van der Waals surface area contributed by atoms with Crippen LogP contribution in [-0.4, -0.2) is 5.78 Å². The third-order valence-corrected chi connectivity index (χ3v) is 2.61. The Bertz CT molecular complexity index is 398. The molecule has 0 aliphatic rings. The number of nitrogens with zero attached hydrogens (tertiary/aromatic N) is 1. The molecule has 0 unspecified atom stereocenters. The van der Waals surface area contributed by atoms with Crippen LogP contribution in [0.1, 0.15) is 49.0 Å². The highest BCUT2D eigenvalue weighted by Gasteiger charge is 2.05. The van der Waals surface area contributed by atoms with Gasteiger partial charge in [-0.05, 0) is 24.3 Å². The van der Waals surface area contributed by atoms with Gasteiger partial charge in [0, 0.05) is 18.4 Å². The van der Waals surface area contributed by atoms with Crippen LogP contribution in [0, 0.1) is 17.2 Å². The van der Waals surface area contributed by atoms with Gasteiger partial charge in [-0.2, -0.15) is 5.26 Å². The van der Waals surface area contributed by atoms with Crippen molar-refractivity contribution in [3.63, 3.8) is 0 Å². The van der Waals surface area contributed by atoms with E-state index in [-0.39, 0.29) is 5.78 Å². The van der Waals surface area contributed by atoms with E-state index in [9.17, 15) is 4.79 Å². The van der Waals surface area contributed by atoms with E-state index in [1.165, 1.54) is 5.56 Å². The molecule has 0 atom stereocenters. The van der Waals surface area contributed by atoms with Crippen LogP contribution < -0.4 is 0 Å². The van der Waals surface area contributed by atoms with Crippen LogP contribution >= 0.6 is 0 Å². The Morgan fingerprint density at radius 2 is 1.94 bits per heavy atom. The molecule has 1 aromatic carbocycles. The molecule has 0 saturated heterocycles. The zero-order valence-electron chi connectivity index (χ0n) is 10.6. The first-order chi connectivity index (χ1) is 8.13. The largest absolute Gasteiger partial charge is 0.294 e. The van der Waals surface area contributed by atoms with Crippen LogP contribution in [0.2, 0.25) is 0 Å². The quantitative estimate of drug-likeness (QED) is 0.550. The molecule has 0 radical (unpaired) electrons. The Morgan fingerprint density at radius 3 is 2.47 bits per heavy atom. The van der Waals surface area contributed by atoms with Gasteiger partial charge in [-0.15, -0.1) is 0 Å². The molecular weight excluding hydrogens is 210 g/mol. The van der Waals surface area contributed by atoms with E-state index in [1.54, 1.807) is 0 Å². The summed E-state index contributed by atoms with van der Waals surface area (Å²) in [4.78, 5) is 11.7. The van der Waals surface area contributed by atoms with Gasteiger partial charge in [0.25, 0.3) is 0 Å². The number of hydrogen-bond donors (Lipinski definition) is 0. The van der Waals surface area contributed by atoms with Gasteiger partial charge in [0.05, 0.1) is 6.07 Å². The van der Waals surface area contributed by atoms with Gasteiger partial charge in [-0.25, -0.2) is 0 Å². The summed E-state index contributed by atoms with van der Waals surface area (Å²) in [6.07, 6.45) is 2.63. The number of rotatable bonds is 6. The lowest BCUT2D eigenvalue weighted by atomic mass is 9.99. The van der Waals surface area contributed by atoms with Crippen molar-refractivity contribution in [3.05, 3.63) is 35.4 Å². The normalized spacial score (nSPS) is 10.2. The van der Waals surface area contributed by atoms with Crippen LogP contribution in [0.3, 0.4) is 0 Å². The van der Waals surface area contributed by atoms with Crippen LogP contribution in [0.15, 0.2) is 24.3 Å². The van der Waals surface area contributed by atoms with Crippen LogP contribution in [0.5, 0.6) is 0 Å². The third kappa shape index (κ3) is 4.82. The molecule has 0 aliphatic heterocycles. The number of unbranched alkanes of at least 4 members (excludes halogenated alkanes) is 1. The smallest absolute Gasteiger partial charge is 0.162 e. The molecule has 90 valence electrons. The minimum atomic E-state index is 0.136. The second kappa shape index (κ2) is 6.85. The lowest BCUT2D eigenvalue weighted by Gasteiger charge is -2.05. The van der Waals surface area contributed by atoms with Crippen LogP contribution in [-0.2, 0) is 6.42 Å². The molecule has 0 spiro atoms. The second-order valence-corrected chi connectivity index (χ2v) is 4.73. The van der Waals surface area contributed by atoms with Crippen molar-refractivity contribution in [2.24, 2.45) is 5.92 Å². The van der Waals surface area contributed by atoms with Crippen molar-refractivity contribution >= 4 is 5.78 Å². The highest BCUT2D eigenvalue weighted by atomic mass is 16.1. The van der Waals surface area contributed by atoms with Gasteiger partial charge in [0.15, 0.2) is 5.78 Å². The fourth-order valence-electron chi connectivity index (χ4n) is 1.77. The van der Waals surface area contributed by atoms with Gasteiger partial charge in [-0.1, -0.05) is 38.1 Å². The lowest BCUT2D eigenvalue weighted by Crippen LogP contribution is -2.00. The van der Waals surface area contributed by atoms with E-state index >= 15 is 0 Å². The summed E-state index contributed by atoms with van der Waals surface area (Å²) in [6.45, 7) is 4.36. The topological polar surface area (TPSA) is 40.9 Å². The predicted octanol–water partition coefficient (Wildman–Crippen LogP) is 3.76. The molecule has 0 saturated carbocycles. The minimum absolute atomic E-state index is 0.136. The van der Waals surface area contributed by atoms with E-state index in [0.29, 0.717) is 25.2 Å². The fourth-order valence-corrected chi connectivity index (χ4v) is 1.77. The molecule has 1 aromatic rings. The summed E-state index contributed by atoms with van der Waals surface area (Å²) >= 11 is 0. The maximum Gasteiger partial charge on any atom is 0.162 e. The second-order valence-electron chi connectivity index (χ2n) is 4.73. The maximum atomic E-state index is 11.7. The maximum absolute atomic E-state index is 11.7. The summed E-state index contributed by atoms with van der Waals surface area (Å²) in [5, 5.41) is 8.41. The number of ketones is 1. The predicted molar refractivity (Wildman–Crippen MR) is 68.8 cm³/mol. The third-order valence-electron chi connectivity index (χ3n) is 2.61. The molecule has 0 N–H and O–H groups in total. The average molecular weight is 229 g/mol. The summed E-state index contributed by atoms with van der Waals surface area (Å²) < 4.78 is 0. The summed E-state index contributed by atoms with van der Waals surface area (Å²) in [5.74, 6) is 0.767. The SMILES string of the molecule is CC(C)Cc1ccc(C(=O)CCCC#N)cc1. The average Bonchev–Trinajstić information content (AvgIpc) is 2.29. The van der Waals surface area contributed by atoms with Gasteiger partial charge < -0.3 is 0 Å². The van der Waals surface area contributed by atoms with Gasteiger partial charge in [0.2, 0.25) is 0 Å². The van der Waals surface area contributed by atoms with Gasteiger partial charge in [-0.3, -0.25) is 4.79 Å². The Morgan fingerprint density at radius 1 is 1.29 bits per heavy atom. The molecule has 2 nitrogen and oxygen atoms in total. The summed E-state index contributed by atoms with van der Waals surface area (Å²) in [6, 6.07) is 9.89. The zero-order chi connectivity index (χ0) is 12.7. The standard InChI is InChI=1S/C15H19NO/c1-12(2)11-13-6-8-14(9-7-13)15(17)5-3-4-10-16/h6-9,12H,3-5,11H2,1-2H3. The summed E-state index contributed by atoms with van der Waals surface area (Å²) in [7, 11) is 0. The number of carbonyl (C=O) groups is 1. The Hall–Kier alpha value is -1.62. The van der Waals surface area contributed by atoms with Crippen LogP contribution in [0.4, 0.5) is 0 Å². The lowest BCUT2D eigenvalue weighted by molar-refractivity contribution is 0.0980. The molecule has 0 fully saturated rings. The van der Waals surface area contributed by atoms with E-state index in [1.807, 2.05) is 24.3 Å². The molecule has 1 rings (SSSR count). The molecular formula is C15H19NO. The van der Waals surface area contributed by atoms with Gasteiger partial charge in [0.1, 0.15) is 0 Å². The van der Waals surface area contributed by atoms with E-state index in [4.69, 9.17) is 5.26 Å². The number of benzene rings is 1. The molecule has 0 aromatic heterocycles. The minimum Gasteiger partial charge on any atom is -0.294 e.